The molecule has 1 N–H and O–H groups in total. The maximum absolute atomic E-state index is 12.9. The second-order valence-corrected chi connectivity index (χ2v) is 9.44. The lowest BCUT2D eigenvalue weighted by Crippen LogP contribution is -2.61. The van der Waals surface area contributed by atoms with E-state index in [2.05, 4.69) is 89.5 Å². The summed E-state index contributed by atoms with van der Waals surface area (Å²) in [6.07, 6.45) is 3.39. The van der Waals surface area contributed by atoms with Gasteiger partial charge in [-0.3, -0.25) is 9.59 Å². The van der Waals surface area contributed by atoms with Gasteiger partial charge in [0.15, 0.2) is 0 Å². The van der Waals surface area contributed by atoms with Gasteiger partial charge in [-0.15, -0.1) is 0 Å². The van der Waals surface area contributed by atoms with E-state index in [9.17, 15) is 9.59 Å². The molecular formula is C27H24BrN3O2. The third kappa shape index (κ3) is 3.95. The number of carbonyl (C=O) groups is 2. The number of amides is 2. The quantitative estimate of drug-likeness (QED) is 0.389. The Labute approximate surface area is 200 Å². The van der Waals surface area contributed by atoms with Gasteiger partial charge < -0.3 is 14.8 Å². The van der Waals surface area contributed by atoms with Crippen LogP contribution in [0.25, 0.3) is 32.8 Å². The predicted molar refractivity (Wildman–Crippen MR) is 136 cm³/mol. The van der Waals surface area contributed by atoms with Crippen molar-refractivity contribution in [3.63, 3.8) is 0 Å². The summed E-state index contributed by atoms with van der Waals surface area (Å²) >= 11 is 3.64. The fourth-order valence-corrected chi connectivity index (χ4v) is 5.29. The molecule has 1 aliphatic heterocycles. The predicted octanol–water partition coefficient (Wildman–Crippen LogP) is 5.05. The van der Waals surface area contributed by atoms with Crippen molar-refractivity contribution in [1.29, 1.82) is 0 Å². The Bertz CT molecular complexity index is 1410. The topological polar surface area (TPSA) is 54.3 Å². The van der Waals surface area contributed by atoms with E-state index in [1.54, 1.807) is 4.90 Å². The summed E-state index contributed by atoms with van der Waals surface area (Å²) in [5, 5.41) is 6.53. The number of likely N-dealkylation sites (tertiary alicyclic amines) is 1. The van der Waals surface area contributed by atoms with Crippen molar-refractivity contribution >= 4 is 49.4 Å². The van der Waals surface area contributed by atoms with E-state index in [0.29, 0.717) is 13.1 Å². The summed E-state index contributed by atoms with van der Waals surface area (Å²) in [5.41, 5.74) is 4.40. The summed E-state index contributed by atoms with van der Waals surface area (Å²) in [6.45, 7) is 6.84. The third-order valence-electron chi connectivity index (χ3n) is 6.25. The van der Waals surface area contributed by atoms with Crippen molar-refractivity contribution in [2.45, 2.75) is 19.5 Å². The van der Waals surface area contributed by atoms with Crippen LogP contribution in [0, 0.1) is 6.92 Å². The summed E-state index contributed by atoms with van der Waals surface area (Å²) in [4.78, 5) is 26.2. The Balaban J connectivity index is 1.49. The highest BCUT2D eigenvalue weighted by atomic mass is 79.9. The lowest BCUT2D eigenvalue weighted by atomic mass is 9.97. The maximum atomic E-state index is 12.9. The van der Waals surface area contributed by atoms with Gasteiger partial charge in [0, 0.05) is 34.7 Å². The number of nitrogens with zero attached hydrogens (tertiary/aromatic N) is 2. The van der Waals surface area contributed by atoms with E-state index in [1.165, 1.54) is 16.8 Å². The normalized spacial score (nSPS) is 13.8. The minimum absolute atomic E-state index is 0.0176. The first kappa shape index (κ1) is 21.5. The van der Waals surface area contributed by atoms with Crippen molar-refractivity contribution in [2.75, 3.05) is 13.1 Å². The number of nitrogens with one attached hydrogen (secondary N) is 1. The number of hydrogen-bond donors (Lipinski definition) is 1. The van der Waals surface area contributed by atoms with E-state index < -0.39 is 0 Å². The van der Waals surface area contributed by atoms with Crippen molar-refractivity contribution in [1.82, 2.24) is 14.8 Å². The Kier molecular flexibility index (Phi) is 5.54. The Morgan fingerprint density at radius 3 is 2.64 bits per heavy atom. The zero-order valence-electron chi connectivity index (χ0n) is 18.3. The molecule has 1 fully saturated rings. The summed E-state index contributed by atoms with van der Waals surface area (Å²) in [6, 6.07) is 18.9. The van der Waals surface area contributed by atoms with Gasteiger partial charge in [0.1, 0.15) is 6.54 Å². The van der Waals surface area contributed by atoms with Crippen LogP contribution in [0.3, 0.4) is 0 Å². The molecule has 1 saturated heterocycles. The molecule has 0 unspecified atom stereocenters. The van der Waals surface area contributed by atoms with Crippen molar-refractivity contribution in [3.8, 4) is 11.1 Å². The maximum Gasteiger partial charge on any atom is 0.246 e. The molecule has 5 nitrogen and oxygen atoms in total. The average molecular weight is 502 g/mol. The summed E-state index contributed by atoms with van der Waals surface area (Å²) < 4.78 is 3.05. The van der Waals surface area contributed by atoms with Crippen LogP contribution in [0.15, 0.2) is 77.9 Å². The molecule has 4 aromatic rings. The average Bonchev–Trinajstić information content (AvgIpc) is 3.12. The van der Waals surface area contributed by atoms with Gasteiger partial charge in [-0.25, -0.2) is 0 Å². The molecule has 2 heterocycles. The number of benzene rings is 3. The number of hydrogen-bond acceptors (Lipinski definition) is 2. The molecule has 3 aromatic carbocycles. The Hall–Kier alpha value is -3.38. The van der Waals surface area contributed by atoms with Crippen LogP contribution >= 0.6 is 15.9 Å². The van der Waals surface area contributed by atoms with E-state index in [4.69, 9.17) is 0 Å². The molecular weight excluding hydrogens is 478 g/mol. The van der Waals surface area contributed by atoms with Gasteiger partial charge in [-0.2, -0.15) is 0 Å². The molecule has 1 aromatic heterocycles. The van der Waals surface area contributed by atoms with E-state index in [-0.39, 0.29) is 24.4 Å². The largest absolute Gasteiger partial charge is 0.348 e. The fourth-order valence-electron chi connectivity index (χ4n) is 4.72. The van der Waals surface area contributed by atoms with Crippen LogP contribution in [0.2, 0.25) is 0 Å². The molecule has 0 radical (unpaired) electrons. The summed E-state index contributed by atoms with van der Waals surface area (Å²) in [5.74, 6) is -0.160. The first-order valence-corrected chi connectivity index (χ1v) is 11.7. The third-order valence-corrected chi connectivity index (χ3v) is 6.71. The molecule has 0 spiro atoms. The smallest absolute Gasteiger partial charge is 0.246 e. The Morgan fingerprint density at radius 2 is 1.85 bits per heavy atom. The molecule has 6 heteroatoms. The number of fused-ring (bicyclic) bond motifs is 2. The molecule has 0 saturated carbocycles. The van der Waals surface area contributed by atoms with Gasteiger partial charge in [-0.1, -0.05) is 65.0 Å². The van der Waals surface area contributed by atoms with Gasteiger partial charge in [-0.05, 0) is 47.0 Å². The number of rotatable bonds is 5. The zero-order chi connectivity index (χ0) is 23.1. The minimum atomic E-state index is -0.0992. The first-order chi connectivity index (χ1) is 15.9. The van der Waals surface area contributed by atoms with Crippen LogP contribution in [-0.4, -0.2) is 40.4 Å². The van der Waals surface area contributed by atoms with Gasteiger partial charge in [0.25, 0.3) is 0 Å². The molecule has 0 bridgehead atoms. The highest BCUT2D eigenvalue weighted by molar-refractivity contribution is 9.10. The van der Waals surface area contributed by atoms with Crippen molar-refractivity contribution in [2.24, 2.45) is 0 Å². The fraction of sp³-hybridized carbons (Fsp3) is 0.185. The van der Waals surface area contributed by atoms with Crippen LogP contribution in [0.1, 0.15) is 5.56 Å². The minimum Gasteiger partial charge on any atom is -0.348 e. The van der Waals surface area contributed by atoms with Crippen LogP contribution in [-0.2, 0) is 16.1 Å². The van der Waals surface area contributed by atoms with E-state index >= 15 is 0 Å². The molecule has 5 rings (SSSR count). The number of aryl methyl sites for hydroxylation is 1. The molecule has 33 heavy (non-hydrogen) atoms. The van der Waals surface area contributed by atoms with Gasteiger partial charge in [0.2, 0.25) is 11.8 Å². The second kappa shape index (κ2) is 8.52. The molecule has 0 atom stereocenters. The van der Waals surface area contributed by atoms with Crippen LogP contribution in [0.5, 0.6) is 0 Å². The monoisotopic (exact) mass is 501 g/mol. The number of halogens is 1. The zero-order valence-corrected chi connectivity index (χ0v) is 19.9. The highest BCUT2D eigenvalue weighted by Gasteiger charge is 2.30. The SMILES string of the molecule is C=CC(=O)N1CC(NC(=O)Cn2cc(-c3cccc4ccccc34)c3cc(Br)cc(C)c32)C1. The van der Waals surface area contributed by atoms with E-state index in [1.807, 2.05) is 10.6 Å². The summed E-state index contributed by atoms with van der Waals surface area (Å²) in [7, 11) is 0. The second-order valence-electron chi connectivity index (χ2n) is 8.53. The van der Waals surface area contributed by atoms with Crippen LogP contribution < -0.4 is 5.32 Å². The Morgan fingerprint density at radius 1 is 1.09 bits per heavy atom. The lowest BCUT2D eigenvalue weighted by molar-refractivity contribution is -0.133. The molecule has 2 amide bonds. The van der Waals surface area contributed by atoms with Gasteiger partial charge >= 0.3 is 0 Å². The molecule has 1 aliphatic rings. The molecule has 166 valence electrons. The van der Waals surface area contributed by atoms with Crippen molar-refractivity contribution in [3.05, 3.63) is 83.5 Å². The standard InChI is InChI=1S/C27H24BrN3O2/c1-3-26(33)30-13-20(14-30)29-25(32)16-31-15-24(23-12-19(28)11-17(2)27(23)31)22-10-6-8-18-7-4-5-9-21(18)22/h3-12,15,20H,1,13-14,16H2,2H3,(H,29,32). The van der Waals surface area contributed by atoms with Crippen LogP contribution in [0.4, 0.5) is 0 Å². The van der Waals surface area contributed by atoms with Gasteiger partial charge in [0.05, 0.1) is 11.6 Å². The van der Waals surface area contributed by atoms with Crippen molar-refractivity contribution < 1.29 is 9.59 Å². The highest BCUT2D eigenvalue weighted by Crippen LogP contribution is 2.37. The number of aromatic nitrogens is 1. The first-order valence-electron chi connectivity index (χ1n) is 10.9. The van der Waals surface area contributed by atoms with E-state index in [0.717, 1.165) is 32.1 Å². The number of carbonyl (C=O) groups excluding carboxylic acids is 2. The lowest BCUT2D eigenvalue weighted by Gasteiger charge is -2.38. The molecule has 0 aliphatic carbocycles.